The number of benzene rings is 1. The maximum absolute atomic E-state index is 13.4. The Morgan fingerprint density at radius 2 is 2.09 bits per heavy atom. The smallest absolute Gasteiger partial charge is 0.385 e. The van der Waals surface area contributed by atoms with Gasteiger partial charge in [0.05, 0.1) is 17.4 Å². The molecule has 2 aliphatic rings. The summed E-state index contributed by atoms with van der Waals surface area (Å²) in [6.07, 6.45) is -4.13. The molecule has 12 heteroatoms. The Labute approximate surface area is 185 Å². The van der Waals surface area contributed by atoms with Crippen molar-refractivity contribution in [2.45, 2.75) is 18.6 Å². The topological polar surface area (TPSA) is 70.1 Å². The third kappa shape index (κ3) is 4.42. The van der Waals surface area contributed by atoms with Gasteiger partial charge in [0.1, 0.15) is 10.7 Å². The zero-order valence-electron chi connectivity index (χ0n) is 17.2. The molecule has 1 N–H and O–H groups in total. The quantitative estimate of drug-likeness (QED) is 0.687. The summed E-state index contributed by atoms with van der Waals surface area (Å²) in [6, 6.07) is 6.67. The van der Waals surface area contributed by atoms with Gasteiger partial charge in [0.25, 0.3) is 5.91 Å². The molecule has 2 aliphatic heterocycles. The first-order valence-electron chi connectivity index (χ1n) is 9.94. The van der Waals surface area contributed by atoms with E-state index >= 15 is 0 Å². The third-order valence-corrected chi connectivity index (χ3v) is 6.35. The number of ether oxygens (including phenoxy) is 1. The molecule has 0 spiro atoms. The summed E-state index contributed by atoms with van der Waals surface area (Å²) in [5.74, 6) is -0.326. The zero-order chi connectivity index (χ0) is 22.9. The van der Waals surface area contributed by atoms with Crippen molar-refractivity contribution in [2.24, 2.45) is 4.99 Å². The molecule has 1 saturated heterocycles. The number of methoxy groups -OCH3 is 1. The second-order valence-corrected chi connectivity index (χ2v) is 8.37. The molecule has 1 amide bonds. The highest BCUT2D eigenvalue weighted by molar-refractivity contribution is 7.16. The number of amidine groups is 1. The van der Waals surface area contributed by atoms with E-state index in [2.05, 4.69) is 15.3 Å². The lowest BCUT2D eigenvalue weighted by Crippen LogP contribution is -2.57. The first-order chi connectivity index (χ1) is 15.3. The number of alkyl halides is 4. The van der Waals surface area contributed by atoms with E-state index in [1.807, 2.05) is 4.90 Å². The number of piperazine rings is 1. The van der Waals surface area contributed by atoms with Gasteiger partial charge in [-0.25, -0.2) is 14.4 Å². The molecule has 1 unspecified atom stereocenters. The number of rotatable bonds is 4. The van der Waals surface area contributed by atoms with Crippen molar-refractivity contribution in [2.75, 3.05) is 45.3 Å². The number of aromatic nitrogens is 1. The average molecular weight is 471 g/mol. The minimum absolute atomic E-state index is 0.106. The van der Waals surface area contributed by atoms with Crippen LogP contribution in [0.15, 0.2) is 29.3 Å². The molecule has 1 aromatic carbocycles. The highest BCUT2D eigenvalue weighted by atomic mass is 32.1. The summed E-state index contributed by atoms with van der Waals surface area (Å²) in [4.78, 5) is 23.9. The molecule has 4 rings (SSSR count). The summed E-state index contributed by atoms with van der Waals surface area (Å²) in [5.41, 5.74) is 1.24. The number of hydrogen-bond donors (Lipinski definition) is 1. The molecule has 3 heterocycles. The van der Waals surface area contributed by atoms with E-state index in [-0.39, 0.29) is 36.4 Å². The molecule has 1 atom stereocenters. The molecule has 7 nitrogen and oxygen atoms in total. The van der Waals surface area contributed by atoms with Crippen LogP contribution in [0.4, 0.5) is 33.9 Å². The van der Waals surface area contributed by atoms with Crippen molar-refractivity contribution in [1.29, 1.82) is 0 Å². The Hall–Kier alpha value is -2.73. The number of amides is 1. The molecule has 0 radical (unpaired) electrons. The normalized spacial score (nSPS) is 18.4. The number of fused-ring (bicyclic) bond motifs is 2. The Morgan fingerprint density at radius 3 is 2.81 bits per heavy atom. The van der Waals surface area contributed by atoms with E-state index in [4.69, 9.17) is 4.74 Å². The van der Waals surface area contributed by atoms with Gasteiger partial charge >= 0.3 is 6.18 Å². The van der Waals surface area contributed by atoms with Crippen molar-refractivity contribution < 1.29 is 27.1 Å². The van der Waals surface area contributed by atoms with E-state index in [1.165, 1.54) is 12.0 Å². The van der Waals surface area contributed by atoms with Gasteiger partial charge < -0.3 is 19.9 Å². The van der Waals surface area contributed by atoms with Gasteiger partial charge in [-0.2, -0.15) is 13.2 Å². The first-order valence-corrected chi connectivity index (χ1v) is 10.8. The third-order valence-electron chi connectivity index (χ3n) is 5.33. The van der Waals surface area contributed by atoms with Crippen LogP contribution in [0.3, 0.4) is 0 Å². The molecule has 2 aromatic rings. The van der Waals surface area contributed by atoms with Crippen LogP contribution in [-0.2, 0) is 15.7 Å². The minimum Gasteiger partial charge on any atom is -0.385 e. The Balaban J connectivity index is 1.73. The lowest BCUT2D eigenvalue weighted by Gasteiger charge is -2.42. The molecule has 0 saturated carbocycles. The van der Waals surface area contributed by atoms with E-state index in [1.54, 1.807) is 24.3 Å². The summed E-state index contributed by atoms with van der Waals surface area (Å²) in [5, 5.41) is 2.31. The summed E-state index contributed by atoms with van der Waals surface area (Å²) >= 11 is 0.522. The fourth-order valence-electron chi connectivity index (χ4n) is 3.82. The fourth-order valence-corrected chi connectivity index (χ4v) is 4.66. The maximum atomic E-state index is 13.4. The van der Waals surface area contributed by atoms with Gasteiger partial charge in [0, 0.05) is 33.4 Å². The zero-order valence-corrected chi connectivity index (χ0v) is 18.0. The van der Waals surface area contributed by atoms with Crippen molar-refractivity contribution in [3.05, 3.63) is 35.0 Å². The number of para-hydroxylation sites is 2. The van der Waals surface area contributed by atoms with Gasteiger partial charge in [-0.3, -0.25) is 4.79 Å². The van der Waals surface area contributed by atoms with Crippen LogP contribution in [0.25, 0.3) is 0 Å². The van der Waals surface area contributed by atoms with Gasteiger partial charge in [0.2, 0.25) is 5.01 Å². The average Bonchev–Trinajstić information content (AvgIpc) is 3.14. The Morgan fingerprint density at radius 1 is 1.31 bits per heavy atom. The van der Waals surface area contributed by atoms with Crippen LogP contribution in [0.2, 0.25) is 0 Å². The standard InChI is InChI=1S/C20H21F4N5O2S/c1-31-9-6-12-11-28(7-8-29(12)15(30)10-21)17-16-18(32-19(27-16)20(22,23)24)26-14-5-3-2-4-13(14)25-17/h2-5,12,26H,6-11H2,1H3. The number of halogens is 4. The number of hydrogen-bond acceptors (Lipinski definition) is 7. The predicted molar refractivity (Wildman–Crippen MR) is 113 cm³/mol. The lowest BCUT2D eigenvalue weighted by atomic mass is 10.1. The number of aliphatic imine (C=N–C) groups is 1. The van der Waals surface area contributed by atoms with Crippen LogP contribution in [0.1, 0.15) is 17.1 Å². The summed E-state index contributed by atoms with van der Waals surface area (Å²) in [7, 11) is 1.53. The number of nitrogens with zero attached hydrogens (tertiary/aromatic N) is 4. The number of nitrogens with one attached hydrogen (secondary N) is 1. The van der Waals surface area contributed by atoms with Crippen LogP contribution in [0, 0.1) is 0 Å². The van der Waals surface area contributed by atoms with E-state index < -0.39 is 23.8 Å². The van der Waals surface area contributed by atoms with Crippen molar-refractivity contribution in [3.8, 4) is 0 Å². The predicted octanol–water partition coefficient (Wildman–Crippen LogP) is 3.82. The molecule has 32 heavy (non-hydrogen) atoms. The molecular formula is C20H21F4N5O2S. The second kappa shape index (κ2) is 9.02. The first kappa shape index (κ1) is 22.5. The van der Waals surface area contributed by atoms with E-state index in [0.29, 0.717) is 41.6 Å². The number of anilines is 2. The minimum atomic E-state index is -4.59. The van der Waals surface area contributed by atoms with E-state index in [9.17, 15) is 22.4 Å². The van der Waals surface area contributed by atoms with Gasteiger partial charge in [0.15, 0.2) is 12.5 Å². The van der Waals surface area contributed by atoms with Crippen LogP contribution in [0.5, 0.6) is 0 Å². The van der Waals surface area contributed by atoms with E-state index in [0.717, 1.165) is 0 Å². The highest BCUT2D eigenvalue weighted by Crippen LogP contribution is 2.42. The number of carbonyl (C=O) groups is 1. The largest absolute Gasteiger partial charge is 0.443 e. The highest BCUT2D eigenvalue weighted by Gasteiger charge is 2.39. The molecular weight excluding hydrogens is 450 g/mol. The van der Waals surface area contributed by atoms with Crippen molar-refractivity contribution in [1.82, 2.24) is 14.8 Å². The van der Waals surface area contributed by atoms with Crippen LogP contribution in [-0.4, -0.2) is 72.6 Å². The molecule has 0 bridgehead atoms. The van der Waals surface area contributed by atoms with Gasteiger partial charge in [-0.05, 0) is 18.6 Å². The fraction of sp³-hybridized carbons (Fsp3) is 0.450. The maximum Gasteiger partial charge on any atom is 0.443 e. The van der Waals surface area contributed by atoms with Crippen molar-refractivity contribution >= 4 is 39.5 Å². The number of thiazole rings is 1. The molecule has 172 valence electrons. The molecule has 1 fully saturated rings. The summed E-state index contributed by atoms with van der Waals surface area (Å²) < 4.78 is 58.4. The van der Waals surface area contributed by atoms with Crippen LogP contribution < -0.4 is 5.32 Å². The van der Waals surface area contributed by atoms with Gasteiger partial charge in [-0.15, -0.1) is 0 Å². The molecule has 0 aliphatic carbocycles. The molecule has 1 aromatic heterocycles. The lowest BCUT2D eigenvalue weighted by molar-refractivity contribution is -0.138. The SMILES string of the molecule is COCCC1CN(C2=Nc3ccccc3Nc3sc(C(F)(F)F)nc32)CCN1C(=O)CF. The van der Waals surface area contributed by atoms with Crippen molar-refractivity contribution in [3.63, 3.8) is 0 Å². The van der Waals surface area contributed by atoms with Crippen LogP contribution >= 0.6 is 11.3 Å². The van der Waals surface area contributed by atoms with Gasteiger partial charge in [-0.1, -0.05) is 23.5 Å². The monoisotopic (exact) mass is 471 g/mol. The Bertz CT molecular complexity index is 1030. The number of carbonyl (C=O) groups excluding carboxylic acids is 1. The Kier molecular flexibility index (Phi) is 6.33. The summed E-state index contributed by atoms with van der Waals surface area (Å²) in [6.45, 7) is 0.0261. The second-order valence-electron chi connectivity index (χ2n) is 7.37.